The lowest BCUT2D eigenvalue weighted by molar-refractivity contribution is 0.606. The van der Waals surface area contributed by atoms with Gasteiger partial charge in [-0.15, -0.1) is 0 Å². The lowest BCUT2D eigenvalue weighted by atomic mass is 10.1. The monoisotopic (exact) mass is 252 g/mol. The van der Waals surface area contributed by atoms with E-state index < -0.39 is 0 Å². The van der Waals surface area contributed by atoms with E-state index >= 15 is 0 Å². The number of aliphatic imine (C=N–C) groups is 2. The number of hydrogen-bond acceptors (Lipinski definition) is 2. The Bertz CT molecular complexity index is 632. The average molecular weight is 252 g/mol. The van der Waals surface area contributed by atoms with Crippen molar-refractivity contribution in [3.63, 3.8) is 0 Å². The minimum absolute atomic E-state index is 0.0768. The molecule has 0 N–H and O–H groups in total. The Balaban J connectivity index is 1.78. The maximum atomic E-state index is 13.6. The number of nitrogens with zero attached hydrogens (tertiary/aromatic N) is 2. The van der Waals surface area contributed by atoms with E-state index in [2.05, 4.69) is 9.98 Å². The molecule has 1 atom stereocenters. The summed E-state index contributed by atoms with van der Waals surface area (Å²) < 4.78 is 13.6. The summed E-state index contributed by atoms with van der Waals surface area (Å²) >= 11 is 0. The topological polar surface area (TPSA) is 24.7 Å². The van der Waals surface area contributed by atoms with Gasteiger partial charge >= 0.3 is 0 Å². The second kappa shape index (κ2) is 5.14. The van der Waals surface area contributed by atoms with Crippen molar-refractivity contribution in [3.05, 3.63) is 71.5 Å². The summed E-state index contributed by atoms with van der Waals surface area (Å²) in [6.45, 7) is 0. The van der Waals surface area contributed by atoms with Crippen molar-refractivity contribution in [3.8, 4) is 0 Å². The molecule has 3 rings (SSSR count). The summed E-state index contributed by atoms with van der Waals surface area (Å²) in [4.78, 5) is 8.84. The van der Waals surface area contributed by atoms with E-state index in [9.17, 15) is 4.39 Å². The zero-order chi connectivity index (χ0) is 13.1. The van der Waals surface area contributed by atoms with Crippen LogP contribution in [0.2, 0.25) is 0 Å². The van der Waals surface area contributed by atoms with E-state index in [0.29, 0.717) is 12.0 Å². The van der Waals surface area contributed by atoms with E-state index in [0.717, 1.165) is 11.4 Å². The van der Waals surface area contributed by atoms with Gasteiger partial charge in [0.15, 0.2) is 5.84 Å². The van der Waals surface area contributed by atoms with Crippen LogP contribution in [0.4, 0.5) is 4.39 Å². The molecule has 1 aliphatic heterocycles. The van der Waals surface area contributed by atoms with Crippen LogP contribution in [0.15, 0.2) is 64.6 Å². The highest BCUT2D eigenvalue weighted by molar-refractivity contribution is 6.07. The van der Waals surface area contributed by atoms with Crippen LogP contribution in [0.5, 0.6) is 0 Å². The van der Waals surface area contributed by atoms with Crippen molar-refractivity contribution in [1.29, 1.82) is 0 Å². The molecule has 0 aliphatic carbocycles. The first-order valence-corrected chi connectivity index (χ1v) is 6.24. The fourth-order valence-electron chi connectivity index (χ4n) is 2.10. The molecule has 2 aromatic carbocycles. The molecule has 0 saturated heterocycles. The van der Waals surface area contributed by atoms with Crippen LogP contribution in [0.1, 0.15) is 11.1 Å². The molecule has 3 heteroatoms. The lowest BCUT2D eigenvalue weighted by Gasteiger charge is -2.05. The van der Waals surface area contributed by atoms with Crippen molar-refractivity contribution in [2.75, 3.05) is 0 Å². The Morgan fingerprint density at radius 3 is 2.47 bits per heavy atom. The van der Waals surface area contributed by atoms with Gasteiger partial charge in [-0.2, -0.15) is 0 Å². The van der Waals surface area contributed by atoms with Crippen LogP contribution >= 0.6 is 0 Å². The van der Waals surface area contributed by atoms with Gasteiger partial charge in [0.1, 0.15) is 5.82 Å². The number of benzene rings is 2. The van der Waals surface area contributed by atoms with Gasteiger partial charge in [-0.05, 0) is 11.6 Å². The zero-order valence-electron chi connectivity index (χ0n) is 10.3. The highest BCUT2D eigenvalue weighted by Crippen LogP contribution is 2.15. The van der Waals surface area contributed by atoms with E-state index in [-0.39, 0.29) is 11.9 Å². The van der Waals surface area contributed by atoms with Crippen LogP contribution in [0.3, 0.4) is 0 Å². The number of amidine groups is 1. The number of halogens is 1. The first kappa shape index (κ1) is 11.8. The summed E-state index contributed by atoms with van der Waals surface area (Å²) in [5.74, 6) is 0.543. The van der Waals surface area contributed by atoms with Gasteiger partial charge in [-0.3, -0.25) is 4.99 Å². The van der Waals surface area contributed by atoms with E-state index in [1.54, 1.807) is 18.3 Å². The zero-order valence-corrected chi connectivity index (χ0v) is 10.3. The van der Waals surface area contributed by atoms with Crippen LogP contribution in [0, 0.1) is 5.82 Å². The molecule has 2 nitrogen and oxygen atoms in total. The largest absolute Gasteiger partial charge is 0.257 e. The summed E-state index contributed by atoms with van der Waals surface area (Å²) in [5, 5.41) is 0. The quantitative estimate of drug-likeness (QED) is 0.801. The van der Waals surface area contributed by atoms with Gasteiger partial charge in [0.05, 0.1) is 6.04 Å². The van der Waals surface area contributed by atoms with Crippen molar-refractivity contribution < 1.29 is 4.39 Å². The van der Waals surface area contributed by atoms with E-state index in [1.807, 2.05) is 36.4 Å². The Morgan fingerprint density at radius 1 is 0.947 bits per heavy atom. The molecule has 0 saturated carbocycles. The number of rotatable bonds is 3. The second-order valence-electron chi connectivity index (χ2n) is 4.46. The Morgan fingerprint density at radius 2 is 1.68 bits per heavy atom. The van der Waals surface area contributed by atoms with Crippen LogP contribution in [0.25, 0.3) is 0 Å². The van der Waals surface area contributed by atoms with Crippen LogP contribution in [-0.4, -0.2) is 18.1 Å². The SMILES string of the molecule is Fc1ccccc1CC1C=NC(c2ccccc2)=N1. The summed E-state index contributed by atoms with van der Waals surface area (Å²) in [7, 11) is 0. The van der Waals surface area contributed by atoms with Gasteiger partial charge in [0, 0.05) is 18.2 Å². The molecule has 2 aromatic rings. The van der Waals surface area contributed by atoms with Crippen molar-refractivity contribution in [1.82, 2.24) is 0 Å². The summed E-state index contributed by atoms with van der Waals surface area (Å²) in [5.41, 5.74) is 1.67. The van der Waals surface area contributed by atoms with Gasteiger partial charge < -0.3 is 0 Å². The molecular formula is C16H13FN2. The first-order valence-electron chi connectivity index (χ1n) is 6.24. The fourth-order valence-corrected chi connectivity index (χ4v) is 2.10. The molecule has 1 heterocycles. The maximum Gasteiger partial charge on any atom is 0.154 e. The highest BCUT2D eigenvalue weighted by atomic mass is 19.1. The molecule has 0 fully saturated rings. The summed E-state index contributed by atoms with van der Waals surface area (Å²) in [6, 6.07) is 16.5. The Kier molecular flexibility index (Phi) is 3.19. The third-order valence-electron chi connectivity index (χ3n) is 3.08. The van der Waals surface area contributed by atoms with Crippen molar-refractivity contribution >= 4 is 12.1 Å². The predicted molar refractivity (Wildman–Crippen MR) is 75.4 cm³/mol. The normalized spacial score (nSPS) is 17.5. The van der Waals surface area contributed by atoms with E-state index in [4.69, 9.17) is 0 Å². The predicted octanol–water partition coefficient (Wildman–Crippen LogP) is 3.27. The molecule has 0 radical (unpaired) electrons. The molecule has 94 valence electrons. The molecule has 0 amide bonds. The smallest absolute Gasteiger partial charge is 0.154 e. The molecule has 1 unspecified atom stereocenters. The van der Waals surface area contributed by atoms with Crippen molar-refractivity contribution in [2.45, 2.75) is 12.5 Å². The molecule has 19 heavy (non-hydrogen) atoms. The lowest BCUT2D eigenvalue weighted by Crippen LogP contribution is -2.08. The molecule has 0 bridgehead atoms. The highest BCUT2D eigenvalue weighted by Gasteiger charge is 2.15. The Hall–Kier alpha value is -2.29. The average Bonchev–Trinajstić information content (AvgIpc) is 2.91. The minimum Gasteiger partial charge on any atom is -0.257 e. The van der Waals surface area contributed by atoms with Gasteiger partial charge in [-0.25, -0.2) is 9.38 Å². The van der Waals surface area contributed by atoms with Gasteiger partial charge in [0.25, 0.3) is 0 Å². The van der Waals surface area contributed by atoms with Crippen molar-refractivity contribution in [2.24, 2.45) is 9.98 Å². The Labute approximate surface area is 111 Å². The van der Waals surface area contributed by atoms with Gasteiger partial charge in [-0.1, -0.05) is 48.5 Å². The third kappa shape index (κ3) is 2.60. The first-order chi connectivity index (χ1) is 9.33. The maximum absolute atomic E-state index is 13.6. The van der Waals surface area contributed by atoms with E-state index in [1.165, 1.54) is 6.07 Å². The minimum atomic E-state index is -0.181. The fraction of sp³-hybridized carbons (Fsp3) is 0.125. The van der Waals surface area contributed by atoms with Crippen LogP contribution in [-0.2, 0) is 6.42 Å². The standard InChI is InChI=1S/C16H13FN2/c17-15-9-5-4-8-13(15)10-14-11-18-16(19-14)12-6-2-1-3-7-12/h1-9,11,14H,10H2. The summed E-state index contributed by atoms with van der Waals surface area (Å²) in [6.07, 6.45) is 2.33. The number of hydrogen-bond donors (Lipinski definition) is 0. The third-order valence-corrected chi connectivity index (χ3v) is 3.08. The molecule has 1 aliphatic rings. The molecular weight excluding hydrogens is 239 g/mol. The molecule has 0 spiro atoms. The van der Waals surface area contributed by atoms with Gasteiger partial charge in [0.2, 0.25) is 0 Å². The molecule has 0 aromatic heterocycles. The van der Waals surface area contributed by atoms with Crippen LogP contribution < -0.4 is 0 Å². The second-order valence-corrected chi connectivity index (χ2v) is 4.46.